The minimum atomic E-state index is 0.237. The van der Waals surface area contributed by atoms with E-state index in [1.807, 2.05) is 6.20 Å². The fourth-order valence-electron chi connectivity index (χ4n) is 1.65. The average molecular weight is 195 g/mol. The van der Waals surface area contributed by atoms with E-state index >= 15 is 0 Å². The molecule has 1 aromatic rings. The van der Waals surface area contributed by atoms with Crippen LogP contribution in [0.1, 0.15) is 18.5 Å². The second kappa shape index (κ2) is 4.57. The van der Waals surface area contributed by atoms with Gasteiger partial charge in [-0.15, -0.1) is 0 Å². The fourth-order valence-corrected chi connectivity index (χ4v) is 1.65. The molecule has 2 N–H and O–H groups in total. The van der Waals surface area contributed by atoms with Gasteiger partial charge in [0.1, 0.15) is 0 Å². The number of H-pyrrole nitrogens is 1. The zero-order valence-electron chi connectivity index (χ0n) is 8.32. The Kier molecular flexibility index (Phi) is 3.16. The van der Waals surface area contributed by atoms with Crippen molar-refractivity contribution >= 4 is 0 Å². The van der Waals surface area contributed by atoms with Crippen LogP contribution in [0.5, 0.6) is 0 Å². The minimum absolute atomic E-state index is 0.237. The molecular weight excluding hydrogens is 178 g/mol. The van der Waals surface area contributed by atoms with E-state index in [1.165, 1.54) is 12.8 Å². The molecule has 78 valence electrons. The van der Waals surface area contributed by atoms with E-state index in [9.17, 15) is 0 Å². The van der Waals surface area contributed by atoms with Crippen molar-refractivity contribution in [1.29, 1.82) is 0 Å². The van der Waals surface area contributed by atoms with Crippen LogP contribution in [0, 0.1) is 5.92 Å². The number of aromatic amines is 1. The fraction of sp³-hybridized carbons (Fsp3) is 0.700. The lowest BCUT2D eigenvalue weighted by Gasteiger charge is -2.19. The first kappa shape index (κ1) is 9.68. The quantitative estimate of drug-likeness (QED) is 0.699. The predicted molar refractivity (Wildman–Crippen MR) is 53.7 cm³/mol. The van der Waals surface area contributed by atoms with Crippen LogP contribution in [0.4, 0.5) is 0 Å². The SMILES string of the molecule is OCCN(Cc1cnc[nH]1)CC1CC1. The molecule has 0 atom stereocenters. The van der Waals surface area contributed by atoms with Crippen LogP contribution in [0.3, 0.4) is 0 Å². The summed E-state index contributed by atoms with van der Waals surface area (Å²) in [6.45, 7) is 2.98. The number of imidazole rings is 1. The number of aromatic nitrogens is 2. The maximum absolute atomic E-state index is 8.93. The summed E-state index contributed by atoms with van der Waals surface area (Å²) in [5, 5.41) is 8.93. The molecule has 14 heavy (non-hydrogen) atoms. The number of hydrogen-bond acceptors (Lipinski definition) is 3. The molecule has 0 aliphatic heterocycles. The van der Waals surface area contributed by atoms with Crippen molar-refractivity contribution in [2.24, 2.45) is 5.92 Å². The Morgan fingerprint density at radius 2 is 2.43 bits per heavy atom. The van der Waals surface area contributed by atoms with Crippen LogP contribution in [0.15, 0.2) is 12.5 Å². The van der Waals surface area contributed by atoms with Crippen molar-refractivity contribution in [3.63, 3.8) is 0 Å². The van der Waals surface area contributed by atoms with Gasteiger partial charge < -0.3 is 10.1 Å². The lowest BCUT2D eigenvalue weighted by atomic mass is 10.3. The number of aliphatic hydroxyl groups is 1. The molecule has 0 bridgehead atoms. The van der Waals surface area contributed by atoms with Gasteiger partial charge in [-0.05, 0) is 18.8 Å². The molecule has 4 nitrogen and oxygen atoms in total. The van der Waals surface area contributed by atoms with E-state index in [2.05, 4.69) is 14.9 Å². The summed E-state index contributed by atoms with van der Waals surface area (Å²) in [5.74, 6) is 0.865. The zero-order valence-corrected chi connectivity index (χ0v) is 8.32. The maximum Gasteiger partial charge on any atom is 0.0922 e. The second-order valence-electron chi connectivity index (χ2n) is 3.98. The summed E-state index contributed by atoms with van der Waals surface area (Å²) >= 11 is 0. The minimum Gasteiger partial charge on any atom is -0.395 e. The van der Waals surface area contributed by atoms with Crippen molar-refractivity contribution in [3.05, 3.63) is 18.2 Å². The summed E-state index contributed by atoms with van der Waals surface area (Å²) in [4.78, 5) is 9.35. The van der Waals surface area contributed by atoms with E-state index in [0.717, 1.165) is 31.2 Å². The summed E-state index contributed by atoms with van der Waals surface area (Å²) in [5.41, 5.74) is 1.12. The highest BCUT2D eigenvalue weighted by molar-refractivity contribution is 4.94. The Hall–Kier alpha value is -0.870. The van der Waals surface area contributed by atoms with Gasteiger partial charge in [0, 0.05) is 31.5 Å². The highest BCUT2D eigenvalue weighted by Crippen LogP contribution is 2.29. The predicted octanol–water partition coefficient (Wildman–Crippen LogP) is 0.614. The van der Waals surface area contributed by atoms with Crippen molar-refractivity contribution in [1.82, 2.24) is 14.9 Å². The summed E-state index contributed by atoms with van der Waals surface area (Å²) < 4.78 is 0. The molecule has 2 rings (SSSR count). The third kappa shape index (κ3) is 2.82. The molecule has 0 aromatic carbocycles. The molecule has 1 aliphatic rings. The van der Waals surface area contributed by atoms with E-state index in [0.29, 0.717) is 0 Å². The number of hydrogen-bond donors (Lipinski definition) is 2. The lowest BCUT2D eigenvalue weighted by molar-refractivity contribution is 0.183. The first-order valence-electron chi connectivity index (χ1n) is 5.19. The zero-order chi connectivity index (χ0) is 9.80. The molecular formula is C10H17N3O. The van der Waals surface area contributed by atoms with Gasteiger partial charge in [-0.1, -0.05) is 0 Å². The molecule has 1 fully saturated rings. The molecule has 0 saturated heterocycles. The van der Waals surface area contributed by atoms with Crippen LogP contribution < -0.4 is 0 Å². The van der Waals surface area contributed by atoms with Crippen molar-refractivity contribution in [2.45, 2.75) is 19.4 Å². The second-order valence-corrected chi connectivity index (χ2v) is 3.98. The van der Waals surface area contributed by atoms with Crippen molar-refractivity contribution in [2.75, 3.05) is 19.7 Å². The highest BCUT2D eigenvalue weighted by atomic mass is 16.3. The maximum atomic E-state index is 8.93. The lowest BCUT2D eigenvalue weighted by Crippen LogP contribution is -2.28. The smallest absolute Gasteiger partial charge is 0.0922 e. The average Bonchev–Trinajstić information content (AvgIpc) is 2.81. The van der Waals surface area contributed by atoms with E-state index < -0.39 is 0 Å². The van der Waals surface area contributed by atoms with Gasteiger partial charge in [-0.2, -0.15) is 0 Å². The number of aliphatic hydroxyl groups excluding tert-OH is 1. The van der Waals surface area contributed by atoms with E-state index in [1.54, 1.807) is 6.33 Å². The molecule has 1 saturated carbocycles. The van der Waals surface area contributed by atoms with Gasteiger partial charge in [0.05, 0.1) is 12.9 Å². The molecule has 1 heterocycles. The molecule has 0 radical (unpaired) electrons. The summed E-state index contributed by atoms with van der Waals surface area (Å²) in [7, 11) is 0. The van der Waals surface area contributed by atoms with Crippen LogP contribution >= 0.6 is 0 Å². The standard InChI is InChI=1S/C10H17N3O/c14-4-3-13(6-9-1-2-9)7-10-5-11-8-12-10/h5,8-9,14H,1-4,6-7H2,(H,11,12). The van der Waals surface area contributed by atoms with Crippen LogP contribution in [-0.4, -0.2) is 39.7 Å². The normalized spacial score (nSPS) is 16.4. The van der Waals surface area contributed by atoms with Crippen molar-refractivity contribution < 1.29 is 5.11 Å². The summed E-state index contributed by atoms with van der Waals surface area (Å²) in [6.07, 6.45) is 6.25. The van der Waals surface area contributed by atoms with Crippen LogP contribution in [0.2, 0.25) is 0 Å². The Labute approximate surface area is 84.0 Å². The molecule has 0 unspecified atom stereocenters. The molecule has 1 aromatic heterocycles. The third-order valence-corrected chi connectivity index (χ3v) is 2.58. The van der Waals surface area contributed by atoms with E-state index in [4.69, 9.17) is 5.11 Å². The molecule has 0 amide bonds. The largest absolute Gasteiger partial charge is 0.395 e. The van der Waals surface area contributed by atoms with Gasteiger partial charge in [0.15, 0.2) is 0 Å². The topological polar surface area (TPSA) is 52.1 Å². The van der Waals surface area contributed by atoms with Crippen LogP contribution in [-0.2, 0) is 6.54 Å². The molecule has 0 spiro atoms. The first-order chi connectivity index (χ1) is 6.88. The van der Waals surface area contributed by atoms with Gasteiger partial charge in [-0.3, -0.25) is 4.90 Å². The first-order valence-corrected chi connectivity index (χ1v) is 5.19. The monoisotopic (exact) mass is 195 g/mol. The Morgan fingerprint density at radius 1 is 1.57 bits per heavy atom. The Bertz CT molecular complexity index is 256. The molecule has 1 aliphatic carbocycles. The van der Waals surface area contributed by atoms with Gasteiger partial charge in [0.2, 0.25) is 0 Å². The highest BCUT2D eigenvalue weighted by Gasteiger charge is 2.24. The van der Waals surface area contributed by atoms with E-state index in [-0.39, 0.29) is 6.61 Å². The Balaban J connectivity index is 1.82. The van der Waals surface area contributed by atoms with Gasteiger partial charge in [0.25, 0.3) is 0 Å². The van der Waals surface area contributed by atoms with Crippen molar-refractivity contribution in [3.8, 4) is 0 Å². The Morgan fingerprint density at radius 3 is 3.00 bits per heavy atom. The summed E-state index contributed by atoms with van der Waals surface area (Å²) in [6, 6.07) is 0. The third-order valence-electron chi connectivity index (χ3n) is 2.58. The van der Waals surface area contributed by atoms with Gasteiger partial charge >= 0.3 is 0 Å². The number of nitrogens with one attached hydrogen (secondary N) is 1. The van der Waals surface area contributed by atoms with Gasteiger partial charge in [-0.25, -0.2) is 4.98 Å². The van der Waals surface area contributed by atoms with Crippen LogP contribution in [0.25, 0.3) is 0 Å². The number of rotatable bonds is 6. The molecule has 4 heteroatoms. The number of nitrogens with zero attached hydrogens (tertiary/aromatic N) is 2.